The van der Waals surface area contributed by atoms with Crippen LogP contribution in [0.15, 0.2) is 60.8 Å². The van der Waals surface area contributed by atoms with Gasteiger partial charge in [0.1, 0.15) is 11.9 Å². The third-order valence-corrected chi connectivity index (χ3v) is 8.89. The Labute approximate surface area is 291 Å². The van der Waals surface area contributed by atoms with E-state index in [0.29, 0.717) is 35.3 Å². The van der Waals surface area contributed by atoms with Crippen molar-refractivity contribution >= 4 is 74.5 Å². The number of likely N-dealkylation sites (tertiary alicyclic amines) is 1. The normalized spacial score (nSPS) is 14.2. The molecule has 2 amide bonds. The molecule has 254 valence electrons. The fraction of sp³-hybridized carbons (Fsp3) is 0.188. The van der Waals surface area contributed by atoms with E-state index in [9.17, 15) is 32.7 Å². The lowest BCUT2D eigenvalue weighted by molar-refractivity contribution is -0.143. The van der Waals surface area contributed by atoms with E-state index in [4.69, 9.17) is 22.6 Å². The molecule has 0 radical (unpaired) electrons. The number of fused-ring (bicyclic) bond motifs is 1. The van der Waals surface area contributed by atoms with Crippen LogP contribution >= 0.6 is 24.0 Å². The van der Waals surface area contributed by atoms with Gasteiger partial charge in [-0.05, 0) is 55.7 Å². The maximum atomic E-state index is 13.0. The summed E-state index contributed by atoms with van der Waals surface area (Å²) in [6.45, 7) is 0.357. The third kappa shape index (κ3) is 8.61. The van der Waals surface area contributed by atoms with Crippen LogP contribution in [0.2, 0.25) is 5.02 Å². The molecule has 49 heavy (non-hydrogen) atoms. The Morgan fingerprint density at radius 1 is 1.02 bits per heavy atom. The molecule has 1 atom stereocenters. The van der Waals surface area contributed by atoms with E-state index in [-0.39, 0.29) is 45.3 Å². The number of nitrogens with zero attached hydrogens (tertiary/aromatic N) is 3. The molecule has 0 unspecified atom stereocenters. The molecule has 0 saturated carbocycles. The first-order valence-electron chi connectivity index (χ1n) is 14.3. The third-order valence-electron chi connectivity index (χ3n) is 7.43. The number of halogens is 2. The van der Waals surface area contributed by atoms with Crippen LogP contribution in [-0.2, 0) is 19.6 Å². The number of sulfonamides is 1. The molecule has 0 aliphatic carbocycles. The van der Waals surface area contributed by atoms with Crippen molar-refractivity contribution in [2.45, 2.75) is 25.3 Å². The zero-order valence-electron chi connectivity index (χ0n) is 25.3. The number of anilines is 1. The lowest BCUT2D eigenvalue weighted by Gasteiger charge is -2.33. The molecular weight excluding hydrogens is 699 g/mol. The van der Waals surface area contributed by atoms with Crippen LogP contribution in [0.3, 0.4) is 0 Å². The SMILES string of the molecule is Cl.NNC(=O)c1cc(-c2ccc(C#Cc3ccc(C(=O)N4CCCC[C@H]4C(=O)O)cc3Cl)cc2)nc2cc(NS(=O)(=O)CC(=O)O)ncc12. The minimum absolute atomic E-state index is 0. The molecule has 1 aliphatic heterocycles. The Balaban J connectivity index is 0.00000541. The fourth-order valence-electron chi connectivity index (χ4n) is 5.16. The Bertz CT molecular complexity index is 2140. The summed E-state index contributed by atoms with van der Waals surface area (Å²) in [5, 5.41) is 18.9. The van der Waals surface area contributed by atoms with Crippen molar-refractivity contribution in [3.05, 3.63) is 88.1 Å². The van der Waals surface area contributed by atoms with E-state index in [1.165, 1.54) is 29.3 Å². The van der Waals surface area contributed by atoms with E-state index in [0.717, 1.165) is 12.8 Å². The van der Waals surface area contributed by atoms with Crippen LogP contribution in [0, 0.1) is 11.8 Å². The van der Waals surface area contributed by atoms with Gasteiger partial charge in [-0.2, -0.15) is 0 Å². The van der Waals surface area contributed by atoms with Crippen molar-refractivity contribution in [3.8, 4) is 23.1 Å². The minimum Gasteiger partial charge on any atom is -0.480 e. The van der Waals surface area contributed by atoms with Crippen LogP contribution in [0.1, 0.15) is 51.1 Å². The summed E-state index contributed by atoms with van der Waals surface area (Å²) >= 11 is 6.44. The summed E-state index contributed by atoms with van der Waals surface area (Å²) in [4.78, 5) is 58.0. The first-order valence-corrected chi connectivity index (χ1v) is 16.4. The van der Waals surface area contributed by atoms with Gasteiger partial charge in [-0.25, -0.2) is 29.0 Å². The summed E-state index contributed by atoms with van der Waals surface area (Å²) in [6, 6.07) is 13.4. The Morgan fingerprint density at radius 2 is 1.76 bits per heavy atom. The first kappa shape index (κ1) is 36.6. The number of hydrogen-bond donors (Lipinski definition) is 5. The second kappa shape index (κ2) is 15.3. The van der Waals surface area contributed by atoms with Gasteiger partial charge in [0.2, 0.25) is 10.0 Å². The quantitative estimate of drug-likeness (QED) is 0.0767. The van der Waals surface area contributed by atoms with Crippen LogP contribution in [-0.4, -0.2) is 75.6 Å². The van der Waals surface area contributed by atoms with Gasteiger partial charge in [0, 0.05) is 46.4 Å². The molecule has 0 spiro atoms. The van der Waals surface area contributed by atoms with Gasteiger partial charge in [0.25, 0.3) is 11.8 Å². The molecule has 1 saturated heterocycles. The summed E-state index contributed by atoms with van der Waals surface area (Å²) in [7, 11) is -4.24. The standard InChI is InChI=1S/C32H27ClN6O8S.ClH/c33-24-13-21(31(43)39-12-2-1-3-27(39)32(44)45)11-10-19(24)7-4-18-5-8-20(9-6-18)25-14-22(30(42)37-34)23-16-35-28(15-26(23)36-25)38-48(46,47)17-29(40)41;/h5-6,8-11,13-16,27H,1-3,12,17,34H2,(H,35,38)(H,37,42)(H,40,41)(H,44,45);1H/t27-;/m0./s1. The van der Waals surface area contributed by atoms with Crippen LogP contribution in [0.5, 0.6) is 0 Å². The van der Waals surface area contributed by atoms with E-state index >= 15 is 0 Å². The molecule has 0 bridgehead atoms. The highest BCUT2D eigenvalue weighted by Gasteiger charge is 2.32. The number of carbonyl (C=O) groups excluding carboxylic acids is 2. The molecule has 17 heteroatoms. The van der Waals surface area contributed by atoms with Crippen molar-refractivity contribution in [2.75, 3.05) is 17.0 Å². The number of hydrazine groups is 1. The number of benzene rings is 2. The number of nitrogens with one attached hydrogen (secondary N) is 2. The molecule has 3 heterocycles. The zero-order chi connectivity index (χ0) is 34.6. The van der Waals surface area contributed by atoms with Crippen molar-refractivity contribution < 1.29 is 37.8 Å². The molecule has 2 aromatic heterocycles. The van der Waals surface area contributed by atoms with Crippen molar-refractivity contribution in [1.29, 1.82) is 0 Å². The lowest BCUT2D eigenvalue weighted by atomic mass is 10.0. The molecule has 1 aliphatic rings. The van der Waals surface area contributed by atoms with Crippen LogP contribution in [0.25, 0.3) is 22.2 Å². The van der Waals surface area contributed by atoms with Crippen molar-refractivity contribution in [1.82, 2.24) is 20.3 Å². The molecular formula is C32H28Cl2N6O8S. The smallest absolute Gasteiger partial charge is 0.326 e. The van der Waals surface area contributed by atoms with E-state index in [1.54, 1.807) is 36.4 Å². The monoisotopic (exact) mass is 726 g/mol. The van der Waals surface area contributed by atoms with Crippen molar-refractivity contribution in [2.24, 2.45) is 5.84 Å². The largest absolute Gasteiger partial charge is 0.480 e. The number of nitrogens with two attached hydrogens (primary N) is 1. The van der Waals surface area contributed by atoms with Gasteiger partial charge >= 0.3 is 11.9 Å². The number of piperidine rings is 1. The second-order valence-corrected chi connectivity index (χ2v) is 12.9. The molecule has 5 rings (SSSR count). The van der Waals surface area contributed by atoms with Crippen LogP contribution < -0.4 is 16.0 Å². The van der Waals surface area contributed by atoms with Gasteiger partial charge in [-0.3, -0.25) is 24.5 Å². The zero-order valence-corrected chi connectivity index (χ0v) is 27.7. The highest BCUT2D eigenvalue weighted by atomic mass is 35.5. The minimum atomic E-state index is -4.24. The predicted octanol–water partition coefficient (Wildman–Crippen LogP) is 3.28. The molecule has 6 N–H and O–H groups in total. The van der Waals surface area contributed by atoms with Gasteiger partial charge in [0.15, 0.2) is 5.75 Å². The topological polar surface area (TPSA) is 222 Å². The number of nitrogen functional groups attached to an aromatic ring is 1. The number of aliphatic carboxylic acids is 2. The van der Waals surface area contributed by atoms with Crippen LogP contribution in [0.4, 0.5) is 5.82 Å². The average molecular weight is 728 g/mol. The number of carboxylic acids is 2. The number of aromatic nitrogens is 2. The number of pyridine rings is 2. The Kier molecular flexibility index (Phi) is 11.4. The average Bonchev–Trinajstić information content (AvgIpc) is 3.05. The highest BCUT2D eigenvalue weighted by Crippen LogP contribution is 2.27. The van der Waals surface area contributed by atoms with Gasteiger partial charge in [0.05, 0.1) is 21.8 Å². The molecule has 4 aromatic rings. The van der Waals surface area contributed by atoms with Gasteiger partial charge < -0.3 is 15.1 Å². The molecule has 14 nitrogen and oxygen atoms in total. The molecule has 2 aromatic carbocycles. The second-order valence-electron chi connectivity index (χ2n) is 10.7. The number of carboxylic acid groups (broad SMARTS) is 2. The van der Waals surface area contributed by atoms with Gasteiger partial charge in [-0.1, -0.05) is 35.6 Å². The number of hydrogen-bond acceptors (Lipinski definition) is 9. The fourth-order valence-corrected chi connectivity index (χ4v) is 6.21. The summed E-state index contributed by atoms with van der Waals surface area (Å²) < 4.78 is 26.3. The number of carbonyl (C=O) groups is 4. The summed E-state index contributed by atoms with van der Waals surface area (Å²) in [6.07, 6.45) is 3.09. The predicted molar refractivity (Wildman–Crippen MR) is 183 cm³/mol. The summed E-state index contributed by atoms with van der Waals surface area (Å²) in [5.41, 5.74) is 4.62. The lowest BCUT2D eigenvalue weighted by Crippen LogP contribution is -2.47. The Morgan fingerprint density at radius 3 is 2.41 bits per heavy atom. The number of rotatable bonds is 8. The summed E-state index contributed by atoms with van der Waals surface area (Å²) in [5.74, 6) is 6.37. The molecule has 1 fully saturated rings. The van der Waals surface area contributed by atoms with E-state index < -0.39 is 45.6 Å². The first-order chi connectivity index (χ1) is 22.8. The maximum absolute atomic E-state index is 13.0. The van der Waals surface area contributed by atoms with Gasteiger partial charge in [-0.15, -0.1) is 12.4 Å². The maximum Gasteiger partial charge on any atom is 0.326 e. The van der Waals surface area contributed by atoms with Crippen molar-refractivity contribution in [3.63, 3.8) is 0 Å². The number of amides is 2. The van der Waals surface area contributed by atoms with E-state index in [2.05, 4.69) is 32.0 Å². The Hall–Kier alpha value is -5.27. The van der Waals surface area contributed by atoms with E-state index in [1.807, 2.05) is 0 Å². The highest BCUT2D eigenvalue weighted by molar-refractivity contribution is 7.93.